The highest BCUT2D eigenvalue weighted by molar-refractivity contribution is 5.87. The van der Waals surface area contributed by atoms with Gasteiger partial charge in [-0.25, -0.2) is 9.97 Å². The van der Waals surface area contributed by atoms with Crippen molar-refractivity contribution in [3.8, 4) is 0 Å². The normalized spacial score (nSPS) is 28.3. The lowest BCUT2D eigenvalue weighted by atomic mass is 9.85. The van der Waals surface area contributed by atoms with E-state index >= 15 is 0 Å². The molecule has 4 heterocycles. The van der Waals surface area contributed by atoms with Crippen molar-refractivity contribution in [2.45, 2.75) is 56.5 Å². The average molecular weight is 369 g/mol. The standard InChI is InChI=1S/C21H32N6/c1-22-19-18-5-12-27(20(18)25-15-24-19)17-4-3-16(13-17)14-26-11-2-6-21(26)7-9-23-10-8-21/h5,12,15-17,23H,2-4,6-11,13-14H2,1H3,(H,22,24,25). The molecule has 3 aliphatic rings. The van der Waals surface area contributed by atoms with Gasteiger partial charge in [0.15, 0.2) is 0 Å². The lowest BCUT2D eigenvalue weighted by Gasteiger charge is -2.43. The van der Waals surface area contributed by atoms with Crippen molar-refractivity contribution in [1.82, 2.24) is 24.8 Å². The fourth-order valence-corrected chi connectivity index (χ4v) is 5.98. The van der Waals surface area contributed by atoms with Crippen LogP contribution in [0.2, 0.25) is 0 Å². The Balaban J connectivity index is 1.29. The van der Waals surface area contributed by atoms with Crippen molar-refractivity contribution in [3.05, 3.63) is 18.6 Å². The number of fused-ring (bicyclic) bond motifs is 1. The van der Waals surface area contributed by atoms with E-state index in [9.17, 15) is 0 Å². The van der Waals surface area contributed by atoms with E-state index < -0.39 is 0 Å². The summed E-state index contributed by atoms with van der Waals surface area (Å²) in [6, 6.07) is 2.75. The molecule has 6 heteroatoms. The molecule has 146 valence electrons. The van der Waals surface area contributed by atoms with E-state index in [0.717, 1.165) is 22.8 Å². The van der Waals surface area contributed by atoms with Crippen LogP contribution in [0, 0.1) is 5.92 Å². The van der Waals surface area contributed by atoms with Gasteiger partial charge in [-0.1, -0.05) is 0 Å². The lowest BCUT2D eigenvalue weighted by molar-refractivity contribution is 0.0833. The number of rotatable bonds is 4. The van der Waals surface area contributed by atoms with Gasteiger partial charge in [0.05, 0.1) is 5.39 Å². The molecule has 6 nitrogen and oxygen atoms in total. The van der Waals surface area contributed by atoms with Gasteiger partial charge in [0.1, 0.15) is 17.8 Å². The third kappa shape index (κ3) is 3.03. The van der Waals surface area contributed by atoms with E-state index in [1.54, 1.807) is 6.33 Å². The maximum absolute atomic E-state index is 4.59. The molecule has 1 saturated carbocycles. The van der Waals surface area contributed by atoms with Crippen LogP contribution in [-0.4, -0.2) is 58.2 Å². The number of piperidine rings is 1. The van der Waals surface area contributed by atoms with Crippen molar-refractivity contribution >= 4 is 16.9 Å². The third-order valence-corrected chi connectivity index (χ3v) is 7.41. The Morgan fingerprint density at radius 3 is 2.96 bits per heavy atom. The molecular formula is C21H32N6. The van der Waals surface area contributed by atoms with Crippen molar-refractivity contribution in [3.63, 3.8) is 0 Å². The predicted molar refractivity (Wildman–Crippen MR) is 109 cm³/mol. The molecule has 0 amide bonds. The van der Waals surface area contributed by atoms with Gasteiger partial charge in [-0.3, -0.25) is 4.90 Å². The lowest BCUT2D eigenvalue weighted by Crippen LogP contribution is -2.52. The number of hydrogen-bond donors (Lipinski definition) is 2. The fraction of sp³-hybridized carbons (Fsp3) is 0.714. The number of likely N-dealkylation sites (tertiary alicyclic amines) is 1. The Kier molecular flexibility index (Phi) is 4.56. The summed E-state index contributed by atoms with van der Waals surface area (Å²) in [6.45, 7) is 5.01. The molecule has 5 rings (SSSR count). The second kappa shape index (κ2) is 7.06. The first kappa shape index (κ1) is 17.4. The Hall–Kier alpha value is -1.66. The Labute approximate surface area is 161 Å². The number of nitrogens with zero attached hydrogens (tertiary/aromatic N) is 4. The van der Waals surface area contributed by atoms with E-state index in [1.165, 1.54) is 71.1 Å². The smallest absolute Gasteiger partial charge is 0.145 e. The quantitative estimate of drug-likeness (QED) is 0.869. The van der Waals surface area contributed by atoms with Gasteiger partial charge in [0.2, 0.25) is 0 Å². The van der Waals surface area contributed by atoms with E-state index in [1.807, 2.05) is 7.05 Å². The Morgan fingerprint density at radius 1 is 1.22 bits per heavy atom. The van der Waals surface area contributed by atoms with Gasteiger partial charge in [0, 0.05) is 31.4 Å². The highest BCUT2D eigenvalue weighted by atomic mass is 15.2. The number of nitrogens with one attached hydrogen (secondary N) is 2. The topological polar surface area (TPSA) is 58.0 Å². The summed E-state index contributed by atoms with van der Waals surface area (Å²) in [5, 5.41) is 7.88. The van der Waals surface area contributed by atoms with Gasteiger partial charge < -0.3 is 15.2 Å². The molecule has 2 N–H and O–H groups in total. The highest BCUT2D eigenvalue weighted by Crippen LogP contribution is 2.42. The number of anilines is 1. The van der Waals surface area contributed by atoms with E-state index in [4.69, 9.17) is 0 Å². The molecular weight excluding hydrogens is 336 g/mol. The molecule has 2 aromatic rings. The van der Waals surface area contributed by atoms with Crippen LogP contribution in [0.1, 0.15) is 51.0 Å². The summed E-state index contributed by atoms with van der Waals surface area (Å²) in [6.07, 6.45) is 13.3. The first-order chi connectivity index (χ1) is 13.3. The summed E-state index contributed by atoms with van der Waals surface area (Å²) >= 11 is 0. The maximum atomic E-state index is 4.59. The molecule has 2 aromatic heterocycles. The van der Waals surface area contributed by atoms with Gasteiger partial charge in [-0.05, 0) is 76.6 Å². The fourth-order valence-electron chi connectivity index (χ4n) is 5.98. The molecule has 2 aliphatic heterocycles. The zero-order chi connectivity index (χ0) is 18.3. The van der Waals surface area contributed by atoms with Crippen LogP contribution in [0.15, 0.2) is 18.6 Å². The van der Waals surface area contributed by atoms with E-state index in [-0.39, 0.29) is 0 Å². The molecule has 2 saturated heterocycles. The molecule has 3 fully saturated rings. The summed E-state index contributed by atoms with van der Waals surface area (Å²) in [5.74, 6) is 1.75. The summed E-state index contributed by atoms with van der Waals surface area (Å²) in [7, 11) is 1.93. The molecule has 2 unspecified atom stereocenters. The average Bonchev–Trinajstić information content (AvgIpc) is 3.42. The predicted octanol–water partition coefficient (Wildman–Crippen LogP) is 3.03. The van der Waals surface area contributed by atoms with Crippen LogP contribution in [0.25, 0.3) is 11.0 Å². The van der Waals surface area contributed by atoms with Crippen LogP contribution in [0.4, 0.5) is 5.82 Å². The van der Waals surface area contributed by atoms with Crippen LogP contribution in [-0.2, 0) is 0 Å². The van der Waals surface area contributed by atoms with E-state index in [2.05, 4.69) is 42.3 Å². The zero-order valence-electron chi connectivity index (χ0n) is 16.5. The minimum Gasteiger partial charge on any atom is -0.372 e. The van der Waals surface area contributed by atoms with E-state index in [0.29, 0.717) is 11.6 Å². The van der Waals surface area contributed by atoms with Crippen molar-refractivity contribution in [1.29, 1.82) is 0 Å². The second-order valence-electron chi connectivity index (χ2n) is 8.79. The maximum Gasteiger partial charge on any atom is 0.145 e. The summed E-state index contributed by atoms with van der Waals surface area (Å²) < 4.78 is 2.40. The SMILES string of the molecule is CNc1ncnc2c1ccn2C1CCC(CN2CCCC23CCNCC3)C1. The summed E-state index contributed by atoms with van der Waals surface area (Å²) in [4.78, 5) is 11.8. The zero-order valence-corrected chi connectivity index (χ0v) is 16.5. The largest absolute Gasteiger partial charge is 0.372 e. The number of hydrogen-bond acceptors (Lipinski definition) is 5. The van der Waals surface area contributed by atoms with Crippen LogP contribution in [0.3, 0.4) is 0 Å². The van der Waals surface area contributed by atoms with Crippen LogP contribution < -0.4 is 10.6 Å². The van der Waals surface area contributed by atoms with Gasteiger partial charge in [-0.2, -0.15) is 0 Å². The van der Waals surface area contributed by atoms with Crippen LogP contribution in [0.5, 0.6) is 0 Å². The molecule has 2 atom stereocenters. The minimum absolute atomic E-state index is 0.512. The van der Waals surface area contributed by atoms with Gasteiger partial charge in [-0.15, -0.1) is 0 Å². The molecule has 0 bridgehead atoms. The Bertz CT molecular complexity index is 793. The third-order valence-electron chi connectivity index (χ3n) is 7.41. The van der Waals surface area contributed by atoms with Crippen LogP contribution >= 0.6 is 0 Å². The number of aromatic nitrogens is 3. The minimum atomic E-state index is 0.512. The molecule has 0 radical (unpaired) electrons. The monoisotopic (exact) mass is 368 g/mol. The van der Waals surface area contributed by atoms with Gasteiger partial charge >= 0.3 is 0 Å². The summed E-state index contributed by atoms with van der Waals surface area (Å²) in [5.41, 5.74) is 1.59. The first-order valence-electron chi connectivity index (χ1n) is 10.7. The van der Waals surface area contributed by atoms with Gasteiger partial charge in [0.25, 0.3) is 0 Å². The highest BCUT2D eigenvalue weighted by Gasteiger charge is 2.42. The van der Waals surface area contributed by atoms with Crippen molar-refractivity contribution in [2.24, 2.45) is 5.92 Å². The molecule has 1 aliphatic carbocycles. The molecule has 1 spiro atoms. The van der Waals surface area contributed by atoms with Crippen molar-refractivity contribution < 1.29 is 0 Å². The Morgan fingerprint density at radius 2 is 2.11 bits per heavy atom. The molecule has 0 aromatic carbocycles. The second-order valence-corrected chi connectivity index (χ2v) is 8.79. The first-order valence-corrected chi connectivity index (χ1v) is 10.7. The molecule has 27 heavy (non-hydrogen) atoms. The van der Waals surface area contributed by atoms with Crippen molar-refractivity contribution in [2.75, 3.05) is 38.5 Å².